The van der Waals surface area contributed by atoms with Gasteiger partial charge in [-0.1, -0.05) is 35.9 Å². The number of para-hydroxylation sites is 1. The molecule has 1 saturated carbocycles. The summed E-state index contributed by atoms with van der Waals surface area (Å²) < 4.78 is 2.08. The molecule has 0 radical (unpaired) electrons. The number of hydrogen-bond acceptors (Lipinski definition) is 4. The number of aryl methyl sites for hydroxylation is 1. The molecule has 1 aromatic heterocycles. The SMILES string of the molecule is C=CC1(C(=O)N(Cc2nc3cc(Cl)ccc3n2CCCC#N)c2ccccc2)CC(N)C1. The molecule has 0 aliphatic heterocycles. The molecule has 32 heavy (non-hydrogen) atoms. The maximum absolute atomic E-state index is 13.8. The normalized spacial score (nSPS) is 19.8. The molecule has 7 heteroatoms. The van der Waals surface area contributed by atoms with Gasteiger partial charge in [-0.25, -0.2) is 4.98 Å². The molecule has 1 aliphatic rings. The lowest BCUT2D eigenvalue weighted by Crippen LogP contribution is -2.55. The van der Waals surface area contributed by atoms with E-state index >= 15 is 0 Å². The van der Waals surface area contributed by atoms with Crippen molar-refractivity contribution >= 4 is 34.2 Å². The van der Waals surface area contributed by atoms with Crippen LogP contribution in [0.2, 0.25) is 5.02 Å². The number of imidazole rings is 1. The maximum Gasteiger partial charge on any atom is 0.237 e. The Balaban J connectivity index is 1.75. The van der Waals surface area contributed by atoms with Crippen LogP contribution in [0.25, 0.3) is 11.0 Å². The van der Waals surface area contributed by atoms with Crippen LogP contribution in [0.4, 0.5) is 5.69 Å². The van der Waals surface area contributed by atoms with Crippen LogP contribution in [-0.2, 0) is 17.9 Å². The van der Waals surface area contributed by atoms with Crippen molar-refractivity contribution in [3.05, 3.63) is 72.0 Å². The van der Waals surface area contributed by atoms with E-state index in [0.29, 0.717) is 43.8 Å². The summed E-state index contributed by atoms with van der Waals surface area (Å²) in [5, 5.41) is 9.59. The molecule has 0 saturated heterocycles. The van der Waals surface area contributed by atoms with E-state index in [2.05, 4.69) is 17.2 Å². The van der Waals surface area contributed by atoms with E-state index in [-0.39, 0.29) is 11.9 Å². The summed E-state index contributed by atoms with van der Waals surface area (Å²) in [5.74, 6) is 0.731. The van der Waals surface area contributed by atoms with Crippen LogP contribution in [0, 0.1) is 16.7 Å². The second-order valence-corrected chi connectivity index (χ2v) is 8.77. The Morgan fingerprint density at radius 2 is 2.09 bits per heavy atom. The van der Waals surface area contributed by atoms with Crippen molar-refractivity contribution in [1.82, 2.24) is 9.55 Å². The van der Waals surface area contributed by atoms with Crippen LogP contribution < -0.4 is 10.6 Å². The fraction of sp³-hybridized carbons (Fsp3) is 0.320. The van der Waals surface area contributed by atoms with Crippen LogP contribution >= 0.6 is 11.6 Å². The number of carbonyl (C=O) groups is 1. The van der Waals surface area contributed by atoms with Crippen LogP contribution in [0.1, 0.15) is 31.5 Å². The number of benzene rings is 2. The number of nitrogens with two attached hydrogens (primary N) is 1. The number of hydrogen-bond donors (Lipinski definition) is 1. The van der Waals surface area contributed by atoms with Gasteiger partial charge >= 0.3 is 0 Å². The largest absolute Gasteiger partial charge is 0.328 e. The molecule has 1 amide bonds. The van der Waals surface area contributed by atoms with E-state index in [9.17, 15) is 4.79 Å². The second kappa shape index (κ2) is 9.15. The fourth-order valence-electron chi connectivity index (χ4n) is 4.44. The molecule has 0 spiro atoms. The number of carbonyl (C=O) groups excluding carboxylic acids is 1. The van der Waals surface area contributed by atoms with Gasteiger partial charge in [-0.2, -0.15) is 5.26 Å². The lowest BCUT2D eigenvalue weighted by Gasteiger charge is -2.45. The number of nitriles is 1. The molecule has 4 rings (SSSR count). The summed E-state index contributed by atoms with van der Waals surface area (Å²) in [4.78, 5) is 20.4. The number of unbranched alkanes of at least 4 members (excludes halogenated alkanes) is 1. The van der Waals surface area contributed by atoms with Crippen LogP contribution in [-0.4, -0.2) is 21.5 Å². The number of nitrogens with zero attached hydrogens (tertiary/aromatic N) is 4. The average Bonchev–Trinajstić information content (AvgIpc) is 3.11. The highest BCUT2D eigenvalue weighted by Gasteiger charge is 2.48. The third-order valence-electron chi connectivity index (χ3n) is 6.14. The molecule has 2 N–H and O–H groups in total. The minimum atomic E-state index is -0.657. The Hall–Kier alpha value is -3.14. The first-order valence-corrected chi connectivity index (χ1v) is 11.1. The summed E-state index contributed by atoms with van der Waals surface area (Å²) in [6.07, 6.45) is 4.07. The van der Waals surface area contributed by atoms with Crippen molar-refractivity contribution in [3.63, 3.8) is 0 Å². The predicted octanol–water partition coefficient (Wildman–Crippen LogP) is 4.82. The van der Waals surface area contributed by atoms with E-state index < -0.39 is 5.41 Å². The number of anilines is 1. The molecule has 1 fully saturated rings. The molecule has 0 bridgehead atoms. The molecular formula is C25H26ClN5O. The van der Waals surface area contributed by atoms with E-state index in [4.69, 9.17) is 27.6 Å². The molecule has 1 heterocycles. The van der Waals surface area contributed by atoms with Gasteiger partial charge in [0.1, 0.15) is 5.82 Å². The van der Waals surface area contributed by atoms with Gasteiger partial charge in [-0.15, -0.1) is 6.58 Å². The molecule has 164 valence electrons. The van der Waals surface area contributed by atoms with Crippen molar-refractivity contribution in [3.8, 4) is 6.07 Å². The quantitative estimate of drug-likeness (QED) is 0.396. The second-order valence-electron chi connectivity index (χ2n) is 8.33. The van der Waals surface area contributed by atoms with E-state index in [1.807, 2.05) is 48.5 Å². The lowest BCUT2D eigenvalue weighted by molar-refractivity contribution is -0.130. The maximum atomic E-state index is 13.8. The van der Waals surface area contributed by atoms with Gasteiger partial charge in [0.2, 0.25) is 5.91 Å². The third kappa shape index (κ3) is 4.14. The van der Waals surface area contributed by atoms with Gasteiger partial charge < -0.3 is 15.2 Å². The highest BCUT2D eigenvalue weighted by atomic mass is 35.5. The molecule has 0 unspecified atom stereocenters. The fourth-order valence-corrected chi connectivity index (χ4v) is 4.61. The van der Waals surface area contributed by atoms with E-state index in [1.54, 1.807) is 11.0 Å². The number of rotatable bonds is 8. The number of halogens is 1. The molecular weight excluding hydrogens is 422 g/mol. The summed E-state index contributed by atoms with van der Waals surface area (Å²) >= 11 is 6.20. The number of amides is 1. The highest BCUT2D eigenvalue weighted by Crippen LogP contribution is 2.44. The smallest absolute Gasteiger partial charge is 0.237 e. The van der Waals surface area contributed by atoms with Gasteiger partial charge in [0.15, 0.2) is 0 Å². The van der Waals surface area contributed by atoms with Crippen LogP contribution in [0.3, 0.4) is 0 Å². The predicted molar refractivity (Wildman–Crippen MR) is 127 cm³/mol. The molecule has 2 aromatic carbocycles. The number of fused-ring (bicyclic) bond motifs is 1. The van der Waals surface area contributed by atoms with Crippen molar-refractivity contribution in [1.29, 1.82) is 5.26 Å². The summed E-state index contributed by atoms with van der Waals surface area (Å²) in [5.41, 5.74) is 7.89. The standard InChI is InChI=1S/C25H26ClN5O/c1-2-25(15-19(28)16-25)24(32)31(20-8-4-3-5-9-20)17-23-29-21-14-18(26)10-11-22(21)30(23)13-7-6-12-27/h2-5,8-11,14,19H,1,6-7,13,15-17,28H2. The average molecular weight is 448 g/mol. The molecule has 1 aliphatic carbocycles. The van der Waals surface area contributed by atoms with Crippen molar-refractivity contribution < 1.29 is 4.79 Å². The molecule has 0 atom stereocenters. The van der Waals surface area contributed by atoms with E-state index in [1.165, 1.54) is 0 Å². The van der Waals surface area contributed by atoms with Crippen molar-refractivity contribution in [2.45, 2.75) is 44.8 Å². The minimum absolute atomic E-state index is 0.00673. The van der Waals surface area contributed by atoms with Gasteiger partial charge in [-0.3, -0.25) is 4.79 Å². The Bertz CT molecular complexity index is 1170. The van der Waals surface area contributed by atoms with Gasteiger partial charge in [-0.05, 0) is 49.6 Å². The zero-order valence-electron chi connectivity index (χ0n) is 17.9. The summed E-state index contributed by atoms with van der Waals surface area (Å²) in [7, 11) is 0. The Morgan fingerprint density at radius 3 is 2.75 bits per heavy atom. The topological polar surface area (TPSA) is 87.9 Å². The zero-order valence-corrected chi connectivity index (χ0v) is 18.6. The Morgan fingerprint density at radius 1 is 1.34 bits per heavy atom. The van der Waals surface area contributed by atoms with Gasteiger partial charge in [0.05, 0.1) is 29.1 Å². The number of aromatic nitrogens is 2. The summed E-state index contributed by atoms with van der Waals surface area (Å²) in [6.45, 7) is 4.87. The van der Waals surface area contributed by atoms with Crippen molar-refractivity contribution in [2.75, 3.05) is 4.90 Å². The Labute approximate surface area is 192 Å². The van der Waals surface area contributed by atoms with Crippen molar-refractivity contribution in [2.24, 2.45) is 11.1 Å². The first kappa shape index (κ1) is 22.1. The van der Waals surface area contributed by atoms with Gasteiger partial charge in [0.25, 0.3) is 0 Å². The van der Waals surface area contributed by atoms with Gasteiger partial charge in [0, 0.05) is 29.7 Å². The highest BCUT2D eigenvalue weighted by molar-refractivity contribution is 6.31. The first-order chi connectivity index (χ1) is 15.5. The Kier molecular flexibility index (Phi) is 6.31. The summed E-state index contributed by atoms with van der Waals surface area (Å²) in [6, 6.07) is 17.4. The zero-order chi connectivity index (χ0) is 22.7. The van der Waals surface area contributed by atoms with Crippen LogP contribution in [0.5, 0.6) is 0 Å². The lowest BCUT2D eigenvalue weighted by atomic mass is 9.65. The first-order valence-electron chi connectivity index (χ1n) is 10.8. The molecule has 6 nitrogen and oxygen atoms in total. The monoisotopic (exact) mass is 447 g/mol. The third-order valence-corrected chi connectivity index (χ3v) is 6.38. The van der Waals surface area contributed by atoms with Crippen LogP contribution in [0.15, 0.2) is 61.2 Å². The molecule has 3 aromatic rings. The minimum Gasteiger partial charge on any atom is -0.328 e. The van der Waals surface area contributed by atoms with E-state index in [0.717, 1.165) is 22.5 Å².